The Bertz CT molecular complexity index is 1290. The molecule has 186 valence electrons. The molecule has 1 atom stereocenters. The van der Waals surface area contributed by atoms with Gasteiger partial charge in [-0.05, 0) is 73.9 Å². The van der Waals surface area contributed by atoms with E-state index in [1.54, 1.807) is 12.1 Å². The minimum absolute atomic E-state index is 0.0269. The van der Waals surface area contributed by atoms with Crippen molar-refractivity contribution in [2.24, 2.45) is 0 Å². The summed E-state index contributed by atoms with van der Waals surface area (Å²) in [5, 5.41) is 2.79. The van der Waals surface area contributed by atoms with E-state index in [1.165, 1.54) is 44.6 Å². The Morgan fingerprint density at radius 2 is 1.63 bits per heavy atom. The van der Waals surface area contributed by atoms with Crippen LogP contribution in [0.4, 0.5) is 11.4 Å². The topological polar surface area (TPSA) is 103 Å². The Balaban J connectivity index is 1.72. The smallest absolute Gasteiger partial charge is 0.265 e. The third kappa shape index (κ3) is 6.45. The van der Waals surface area contributed by atoms with Crippen LogP contribution in [0.2, 0.25) is 0 Å². The SMILES string of the molecule is CC[C@H](Oc1cc(C)ccc1C)C(=O)Nc1ccc(S(=O)(=O)Nc2cc(OC)ccc2OC)cc1. The molecular formula is C26H30N2O6S. The summed E-state index contributed by atoms with van der Waals surface area (Å²) in [5.41, 5.74) is 2.68. The number of benzene rings is 3. The van der Waals surface area contributed by atoms with Crippen molar-refractivity contribution in [1.82, 2.24) is 0 Å². The fourth-order valence-corrected chi connectivity index (χ4v) is 4.41. The first kappa shape index (κ1) is 25.9. The van der Waals surface area contributed by atoms with Crippen LogP contribution in [0, 0.1) is 13.8 Å². The normalized spacial score (nSPS) is 11.9. The molecule has 0 aliphatic heterocycles. The zero-order chi connectivity index (χ0) is 25.6. The van der Waals surface area contributed by atoms with E-state index in [-0.39, 0.29) is 16.5 Å². The third-order valence-electron chi connectivity index (χ3n) is 5.36. The average molecular weight is 499 g/mol. The molecule has 0 aliphatic rings. The van der Waals surface area contributed by atoms with Gasteiger partial charge in [0.25, 0.3) is 15.9 Å². The lowest BCUT2D eigenvalue weighted by molar-refractivity contribution is -0.122. The van der Waals surface area contributed by atoms with Crippen molar-refractivity contribution in [3.05, 3.63) is 71.8 Å². The number of carbonyl (C=O) groups excluding carboxylic acids is 1. The number of rotatable bonds is 10. The highest BCUT2D eigenvalue weighted by molar-refractivity contribution is 7.92. The number of amides is 1. The zero-order valence-corrected chi connectivity index (χ0v) is 21.2. The molecule has 0 spiro atoms. The molecule has 1 amide bonds. The maximum atomic E-state index is 12.9. The van der Waals surface area contributed by atoms with Crippen molar-refractivity contribution in [1.29, 1.82) is 0 Å². The fourth-order valence-electron chi connectivity index (χ4n) is 3.35. The summed E-state index contributed by atoms with van der Waals surface area (Å²) in [5.74, 6) is 1.18. The van der Waals surface area contributed by atoms with Gasteiger partial charge in [0.1, 0.15) is 17.2 Å². The molecule has 0 radical (unpaired) electrons. The number of ether oxygens (including phenoxy) is 3. The molecule has 0 unspecified atom stereocenters. The molecule has 35 heavy (non-hydrogen) atoms. The number of anilines is 2. The molecule has 0 bridgehead atoms. The van der Waals surface area contributed by atoms with Crippen LogP contribution in [-0.4, -0.2) is 34.6 Å². The molecule has 2 N–H and O–H groups in total. The van der Waals surface area contributed by atoms with Crippen LogP contribution < -0.4 is 24.2 Å². The molecule has 0 saturated carbocycles. The number of hydrogen-bond acceptors (Lipinski definition) is 6. The van der Waals surface area contributed by atoms with Crippen molar-refractivity contribution in [2.75, 3.05) is 24.3 Å². The van der Waals surface area contributed by atoms with Gasteiger partial charge in [-0.25, -0.2) is 8.42 Å². The molecule has 9 heteroatoms. The van der Waals surface area contributed by atoms with Gasteiger partial charge >= 0.3 is 0 Å². The van der Waals surface area contributed by atoms with Crippen molar-refractivity contribution in [3.8, 4) is 17.2 Å². The number of carbonyl (C=O) groups is 1. The highest BCUT2D eigenvalue weighted by Crippen LogP contribution is 2.31. The van der Waals surface area contributed by atoms with Gasteiger partial charge in [0.2, 0.25) is 0 Å². The summed E-state index contributed by atoms with van der Waals surface area (Å²) in [6.07, 6.45) is -0.223. The quantitative estimate of drug-likeness (QED) is 0.411. The maximum absolute atomic E-state index is 12.9. The summed E-state index contributed by atoms with van der Waals surface area (Å²) >= 11 is 0. The lowest BCUT2D eigenvalue weighted by atomic mass is 10.1. The van der Waals surface area contributed by atoms with E-state index in [2.05, 4.69) is 10.0 Å². The van der Waals surface area contributed by atoms with Gasteiger partial charge in [-0.2, -0.15) is 0 Å². The van der Waals surface area contributed by atoms with E-state index in [1.807, 2.05) is 39.0 Å². The number of aryl methyl sites for hydroxylation is 2. The van der Waals surface area contributed by atoms with Crippen molar-refractivity contribution in [2.45, 2.75) is 38.2 Å². The predicted octanol–water partition coefficient (Wildman–Crippen LogP) is 4.92. The molecular weight excluding hydrogens is 468 g/mol. The lowest BCUT2D eigenvalue weighted by Gasteiger charge is -2.19. The summed E-state index contributed by atoms with van der Waals surface area (Å²) in [7, 11) is -0.971. The maximum Gasteiger partial charge on any atom is 0.265 e. The van der Waals surface area contributed by atoms with Crippen molar-refractivity contribution >= 4 is 27.3 Å². The molecule has 3 rings (SSSR count). The Labute approximate surface area is 206 Å². The summed E-state index contributed by atoms with van der Waals surface area (Å²) in [6.45, 7) is 5.75. The molecule has 0 heterocycles. The molecule has 3 aromatic rings. The molecule has 0 aliphatic carbocycles. The zero-order valence-electron chi connectivity index (χ0n) is 20.4. The first-order chi connectivity index (χ1) is 16.7. The molecule has 8 nitrogen and oxygen atoms in total. The lowest BCUT2D eigenvalue weighted by Crippen LogP contribution is -2.32. The van der Waals surface area contributed by atoms with Crippen LogP contribution >= 0.6 is 0 Å². The predicted molar refractivity (Wildman–Crippen MR) is 136 cm³/mol. The van der Waals surface area contributed by atoms with E-state index in [9.17, 15) is 13.2 Å². The van der Waals surface area contributed by atoms with Gasteiger partial charge in [-0.3, -0.25) is 9.52 Å². The number of hydrogen-bond donors (Lipinski definition) is 2. The fraction of sp³-hybridized carbons (Fsp3) is 0.269. The Morgan fingerprint density at radius 3 is 2.26 bits per heavy atom. The number of sulfonamides is 1. The average Bonchev–Trinajstić information content (AvgIpc) is 2.84. The Morgan fingerprint density at radius 1 is 0.914 bits per heavy atom. The van der Waals surface area contributed by atoms with Gasteiger partial charge in [0, 0.05) is 11.8 Å². The number of nitrogens with one attached hydrogen (secondary N) is 2. The van der Waals surface area contributed by atoms with Gasteiger partial charge in [0.15, 0.2) is 6.10 Å². The highest BCUT2D eigenvalue weighted by atomic mass is 32.2. The van der Waals surface area contributed by atoms with Gasteiger partial charge < -0.3 is 19.5 Å². The summed E-state index contributed by atoms with van der Waals surface area (Å²) < 4.78 is 44.7. The van der Waals surface area contributed by atoms with E-state index < -0.39 is 16.1 Å². The molecule has 0 fully saturated rings. The van der Waals surface area contributed by atoms with Crippen LogP contribution in [0.5, 0.6) is 17.2 Å². The highest BCUT2D eigenvalue weighted by Gasteiger charge is 2.21. The summed E-state index contributed by atoms with van der Waals surface area (Å²) in [4.78, 5) is 12.8. The number of methoxy groups -OCH3 is 2. The minimum Gasteiger partial charge on any atom is -0.497 e. The monoisotopic (exact) mass is 498 g/mol. The minimum atomic E-state index is -3.91. The van der Waals surface area contributed by atoms with E-state index in [4.69, 9.17) is 14.2 Å². The first-order valence-corrected chi connectivity index (χ1v) is 12.5. The Kier molecular flexibility index (Phi) is 8.24. The third-order valence-corrected chi connectivity index (χ3v) is 6.74. The molecule has 0 aromatic heterocycles. The molecule has 0 saturated heterocycles. The van der Waals surface area contributed by atoms with Crippen LogP contribution in [0.1, 0.15) is 24.5 Å². The van der Waals surface area contributed by atoms with Gasteiger partial charge in [-0.1, -0.05) is 19.1 Å². The van der Waals surface area contributed by atoms with Gasteiger partial charge in [-0.15, -0.1) is 0 Å². The van der Waals surface area contributed by atoms with E-state index in [0.29, 0.717) is 29.4 Å². The van der Waals surface area contributed by atoms with Crippen LogP contribution in [0.3, 0.4) is 0 Å². The molecule has 3 aromatic carbocycles. The second kappa shape index (κ2) is 11.1. The first-order valence-electron chi connectivity index (χ1n) is 11.1. The second-order valence-corrected chi connectivity index (χ2v) is 9.65. The second-order valence-electron chi connectivity index (χ2n) is 7.97. The van der Waals surface area contributed by atoms with E-state index in [0.717, 1.165) is 11.1 Å². The van der Waals surface area contributed by atoms with Crippen LogP contribution in [0.25, 0.3) is 0 Å². The van der Waals surface area contributed by atoms with Crippen molar-refractivity contribution < 1.29 is 27.4 Å². The van der Waals surface area contributed by atoms with Crippen molar-refractivity contribution in [3.63, 3.8) is 0 Å². The van der Waals surface area contributed by atoms with Crippen LogP contribution in [0.15, 0.2) is 65.6 Å². The standard InChI is InChI=1S/C26H30N2O6S/c1-6-23(34-25-15-17(2)7-8-18(25)3)26(29)27-19-9-12-21(13-10-19)35(30,31)28-22-16-20(32-4)11-14-24(22)33-5/h7-16,23,28H,6H2,1-5H3,(H,27,29)/t23-/m0/s1. The largest absolute Gasteiger partial charge is 0.497 e. The van der Waals surface area contributed by atoms with Crippen LogP contribution in [-0.2, 0) is 14.8 Å². The van der Waals surface area contributed by atoms with Gasteiger partial charge in [0.05, 0.1) is 24.8 Å². The summed E-state index contributed by atoms with van der Waals surface area (Å²) in [6, 6.07) is 16.5. The van der Waals surface area contributed by atoms with E-state index >= 15 is 0 Å². The Hall–Kier alpha value is -3.72.